The van der Waals surface area contributed by atoms with Gasteiger partial charge in [0.1, 0.15) is 0 Å². The van der Waals surface area contributed by atoms with Crippen molar-refractivity contribution in [2.45, 2.75) is 12.8 Å². The molecule has 25 heavy (non-hydrogen) atoms. The van der Waals surface area contributed by atoms with Gasteiger partial charge in [0.15, 0.2) is 0 Å². The van der Waals surface area contributed by atoms with E-state index in [1.54, 1.807) is 18.3 Å². The van der Waals surface area contributed by atoms with Crippen LogP contribution in [0.1, 0.15) is 16.7 Å². The summed E-state index contributed by atoms with van der Waals surface area (Å²) in [5.41, 5.74) is 4.78. The Morgan fingerprint density at radius 3 is 2.48 bits per heavy atom. The van der Waals surface area contributed by atoms with E-state index in [4.69, 9.17) is 0 Å². The van der Waals surface area contributed by atoms with Crippen LogP contribution in [0.25, 0.3) is 16.8 Å². The van der Waals surface area contributed by atoms with Crippen molar-refractivity contribution in [3.8, 4) is 0 Å². The van der Waals surface area contributed by atoms with Gasteiger partial charge in [-0.05, 0) is 59.2 Å². The average molecular weight is 328 g/mol. The van der Waals surface area contributed by atoms with Gasteiger partial charge in [0.25, 0.3) is 5.69 Å². The summed E-state index contributed by atoms with van der Waals surface area (Å²) in [6.07, 6.45) is 7.72. The quantitative estimate of drug-likeness (QED) is 0.372. The number of hydrogen-bond acceptors (Lipinski definition) is 3. The lowest BCUT2D eigenvalue weighted by Gasteiger charge is -2.04. The van der Waals surface area contributed by atoms with Crippen molar-refractivity contribution >= 4 is 34.4 Å². The molecule has 0 amide bonds. The first-order valence-electron chi connectivity index (χ1n) is 8.21. The highest BCUT2D eigenvalue weighted by molar-refractivity contribution is 5.99. The van der Waals surface area contributed by atoms with E-state index in [0.717, 1.165) is 24.1 Å². The summed E-state index contributed by atoms with van der Waals surface area (Å²) in [5, 5.41) is 13.2. The SMILES string of the molecule is O=[N+]([O-])c1ccc(/C=C/C=Nc2ccc3c4c(cccc24)CC3)cc1. The van der Waals surface area contributed by atoms with Crippen LogP contribution >= 0.6 is 0 Å². The maximum Gasteiger partial charge on any atom is 0.269 e. The molecule has 3 aromatic carbocycles. The van der Waals surface area contributed by atoms with E-state index in [9.17, 15) is 10.1 Å². The van der Waals surface area contributed by atoms with Crippen LogP contribution in [-0.4, -0.2) is 11.1 Å². The fraction of sp³-hybridized carbons (Fsp3) is 0.0952. The normalized spacial score (nSPS) is 13.3. The topological polar surface area (TPSA) is 55.5 Å². The third-order valence-electron chi connectivity index (χ3n) is 4.55. The Hall–Kier alpha value is -3.27. The number of nitrogens with zero attached hydrogens (tertiary/aromatic N) is 2. The molecule has 3 aromatic rings. The molecule has 1 aliphatic carbocycles. The fourth-order valence-electron chi connectivity index (χ4n) is 3.33. The predicted molar refractivity (Wildman–Crippen MR) is 102 cm³/mol. The lowest BCUT2D eigenvalue weighted by Crippen LogP contribution is -1.86. The Balaban J connectivity index is 1.56. The van der Waals surface area contributed by atoms with Gasteiger partial charge in [-0.15, -0.1) is 0 Å². The zero-order valence-electron chi connectivity index (χ0n) is 13.6. The number of hydrogen-bond donors (Lipinski definition) is 0. The molecule has 0 heterocycles. The molecule has 0 N–H and O–H groups in total. The molecule has 0 fully saturated rings. The Labute approximate surface area is 145 Å². The van der Waals surface area contributed by atoms with Crippen LogP contribution in [0.4, 0.5) is 11.4 Å². The number of nitro groups is 1. The second kappa shape index (κ2) is 6.32. The lowest BCUT2D eigenvalue weighted by molar-refractivity contribution is -0.384. The maximum absolute atomic E-state index is 10.7. The molecule has 0 bridgehead atoms. The van der Waals surface area contributed by atoms with E-state index in [-0.39, 0.29) is 5.69 Å². The Morgan fingerprint density at radius 2 is 1.72 bits per heavy atom. The number of nitro benzene ring substituents is 1. The fourth-order valence-corrected chi connectivity index (χ4v) is 3.33. The Bertz CT molecular complexity index is 1010. The molecule has 0 saturated heterocycles. The second-order valence-corrected chi connectivity index (χ2v) is 6.07. The second-order valence-electron chi connectivity index (χ2n) is 6.07. The van der Waals surface area contributed by atoms with Gasteiger partial charge in [-0.1, -0.05) is 30.3 Å². The largest absolute Gasteiger partial charge is 0.269 e. The van der Waals surface area contributed by atoms with E-state index in [0.29, 0.717) is 0 Å². The Kier molecular flexibility index (Phi) is 3.86. The molecule has 0 atom stereocenters. The number of allylic oxidation sites excluding steroid dienone is 1. The first-order chi connectivity index (χ1) is 12.2. The number of aliphatic imine (C=N–C) groups is 1. The number of benzene rings is 3. The van der Waals surface area contributed by atoms with E-state index in [2.05, 4.69) is 35.3 Å². The van der Waals surface area contributed by atoms with Crippen LogP contribution in [0.15, 0.2) is 65.7 Å². The summed E-state index contributed by atoms with van der Waals surface area (Å²) in [6, 6.07) is 17.1. The van der Waals surface area contributed by atoms with E-state index in [1.807, 2.05) is 12.2 Å². The van der Waals surface area contributed by atoms with Gasteiger partial charge in [0.05, 0.1) is 10.6 Å². The smallest absolute Gasteiger partial charge is 0.258 e. The lowest BCUT2D eigenvalue weighted by atomic mass is 10.0. The molecule has 122 valence electrons. The minimum absolute atomic E-state index is 0.0960. The van der Waals surface area contributed by atoms with Crippen molar-refractivity contribution in [2.24, 2.45) is 4.99 Å². The molecule has 0 radical (unpaired) electrons. The Morgan fingerprint density at radius 1 is 0.960 bits per heavy atom. The molecule has 0 aliphatic heterocycles. The van der Waals surface area contributed by atoms with Crippen molar-refractivity contribution < 1.29 is 4.92 Å². The van der Waals surface area contributed by atoms with Crippen molar-refractivity contribution in [2.75, 3.05) is 0 Å². The molecule has 0 saturated carbocycles. The molecule has 4 heteroatoms. The van der Waals surface area contributed by atoms with Crippen molar-refractivity contribution in [3.63, 3.8) is 0 Å². The summed E-state index contributed by atoms with van der Waals surface area (Å²) >= 11 is 0. The zero-order chi connectivity index (χ0) is 17.2. The van der Waals surface area contributed by atoms with Gasteiger partial charge < -0.3 is 0 Å². The van der Waals surface area contributed by atoms with Crippen LogP contribution in [0, 0.1) is 10.1 Å². The van der Waals surface area contributed by atoms with E-state index >= 15 is 0 Å². The van der Waals surface area contributed by atoms with Crippen molar-refractivity contribution in [1.82, 2.24) is 0 Å². The predicted octanol–water partition coefficient (Wildman–Crippen LogP) is 5.26. The van der Waals surface area contributed by atoms with Gasteiger partial charge in [0.2, 0.25) is 0 Å². The highest BCUT2D eigenvalue weighted by Crippen LogP contribution is 2.36. The van der Waals surface area contributed by atoms with Crippen LogP contribution in [0.2, 0.25) is 0 Å². The van der Waals surface area contributed by atoms with Gasteiger partial charge in [-0.2, -0.15) is 0 Å². The monoisotopic (exact) mass is 328 g/mol. The first kappa shape index (κ1) is 15.3. The van der Waals surface area contributed by atoms with E-state index < -0.39 is 4.92 Å². The molecule has 0 unspecified atom stereocenters. The summed E-state index contributed by atoms with van der Waals surface area (Å²) in [7, 11) is 0. The minimum Gasteiger partial charge on any atom is -0.258 e. The molecule has 4 nitrogen and oxygen atoms in total. The minimum atomic E-state index is -0.398. The summed E-state index contributed by atoms with van der Waals surface area (Å²) in [4.78, 5) is 14.8. The zero-order valence-corrected chi connectivity index (χ0v) is 13.6. The van der Waals surface area contributed by atoms with Gasteiger partial charge in [0, 0.05) is 23.7 Å². The third kappa shape index (κ3) is 2.94. The number of aryl methyl sites for hydroxylation is 2. The summed E-state index contributed by atoms with van der Waals surface area (Å²) in [6.45, 7) is 0. The molecule has 0 spiro atoms. The highest BCUT2D eigenvalue weighted by Gasteiger charge is 2.15. The van der Waals surface area contributed by atoms with Gasteiger partial charge >= 0.3 is 0 Å². The summed E-state index contributed by atoms with van der Waals surface area (Å²) < 4.78 is 0. The van der Waals surface area contributed by atoms with Crippen LogP contribution in [0.3, 0.4) is 0 Å². The first-order valence-corrected chi connectivity index (χ1v) is 8.21. The van der Waals surface area contributed by atoms with E-state index in [1.165, 1.54) is 34.0 Å². The molecule has 4 rings (SSSR count). The highest BCUT2D eigenvalue weighted by atomic mass is 16.6. The van der Waals surface area contributed by atoms with Crippen LogP contribution in [0.5, 0.6) is 0 Å². The van der Waals surface area contributed by atoms with Crippen LogP contribution < -0.4 is 0 Å². The summed E-state index contributed by atoms with van der Waals surface area (Å²) in [5.74, 6) is 0. The number of rotatable bonds is 4. The molecular formula is C21H16N2O2. The molecule has 0 aromatic heterocycles. The molecule has 1 aliphatic rings. The van der Waals surface area contributed by atoms with Crippen molar-refractivity contribution in [3.05, 3.63) is 87.5 Å². The molecular weight excluding hydrogens is 312 g/mol. The number of non-ortho nitro benzene ring substituents is 1. The van der Waals surface area contributed by atoms with Gasteiger partial charge in [-0.3, -0.25) is 15.1 Å². The van der Waals surface area contributed by atoms with Crippen LogP contribution in [-0.2, 0) is 12.8 Å². The maximum atomic E-state index is 10.7. The standard InChI is InChI=1S/C21H16N2O2/c24-23(25)18-11-6-15(7-12-18)3-2-14-22-20-13-10-17-9-8-16-4-1-5-19(20)21(16)17/h1-7,10-14H,8-9H2/b3-2+,22-14?. The third-order valence-corrected chi connectivity index (χ3v) is 4.55. The van der Waals surface area contributed by atoms with Gasteiger partial charge in [-0.25, -0.2) is 0 Å². The average Bonchev–Trinajstić information content (AvgIpc) is 3.06. The van der Waals surface area contributed by atoms with Crippen molar-refractivity contribution in [1.29, 1.82) is 0 Å².